The van der Waals surface area contributed by atoms with Crippen molar-refractivity contribution < 1.29 is 14.3 Å². The number of benzene rings is 1. The van der Waals surface area contributed by atoms with Gasteiger partial charge in [0.25, 0.3) is 5.91 Å². The smallest absolute Gasteiger partial charge is 0.359 e. The highest BCUT2D eigenvalue weighted by Crippen LogP contribution is 2.16. The molecule has 0 saturated carbocycles. The van der Waals surface area contributed by atoms with Gasteiger partial charge in [-0.2, -0.15) is 5.10 Å². The van der Waals surface area contributed by atoms with Gasteiger partial charge in [0.15, 0.2) is 11.8 Å². The molecule has 2 aromatic rings. The van der Waals surface area contributed by atoms with E-state index in [1.165, 1.54) is 6.92 Å². The first kappa shape index (κ1) is 15.8. The van der Waals surface area contributed by atoms with Gasteiger partial charge in [-0.1, -0.05) is 6.07 Å². The van der Waals surface area contributed by atoms with Crippen LogP contribution >= 0.6 is 0 Å². The minimum Gasteiger partial charge on any atom is -0.448 e. The lowest BCUT2D eigenvalue weighted by molar-refractivity contribution is -0.125. The van der Waals surface area contributed by atoms with Crippen LogP contribution in [0.25, 0.3) is 5.69 Å². The van der Waals surface area contributed by atoms with Crippen LogP contribution in [0, 0.1) is 20.8 Å². The number of esters is 1. The Balaban J connectivity index is 2.32. The summed E-state index contributed by atoms with van der Waals surface area (Å²) in [5.74, 6) is -1.36. The number of nitrogens with two attached hydrogens (primary N) is 1. The number of hydrogen-bond donors (Lipinski definition) is 1. The number of carbonyl (C=O) groups is 2. The van der Waals surface area contributed by atoms with Gasteiger partial charge in [0.2, 0.25) is 0 Å². The van der Waals surface area contributed by atoms with Crippen molar-refractivity contribution in [2.75, 3.05) is 0 Å². The van der Waals surface area contributed by atoms with E-state index in [9.17, 15) is 9.59 Å². The predicted octanol–water partition coefficient (Wildman–Crippen LogP) is 1.83. The highest BCUT2D eigenvalue weighted by Gasteiger charge is 2.20. The molecule has 0 aliphatic rings. The number of nitrogens with zero attached hydrogens (tertiary/aromatic N) is 2. The lowest BCUT2D eigenvalue weighted by Gasteiger charge is -2.08. The standard InChI is InChI=1S/C16H19N3O3/c1-9-5-10(2)7-13(6-9)19-11(3)8-14(18-19)16(21)22-12(4)15(17)20/h5-8,12H,1-4H3,(H2,17,20)/t12-/m0/s1. The molecule has 1 heterocycles. The van der Waals surface area contributed by atoms with E-state index >= 15 is 0 Å². The van der Waals surface area contributed by atoms with Gasteiger partial charge in [0.05, 0.1) is 5.69 Å². The Bertz CT molecular complexity index is 714. The van der Waals surface area contributed by atoms with E-state index in [4.69, 9.17) is 10.5 Å². The molecule has 6 heteroatoms. The first-order chi connectivity index (χ1) is 10.3. The number of carbonyl (C=O) groups excluding carboxylic acids is 2. The Labute approximate surface area is 128 Å². The maximum Gasteiger partial charge on any atom is 0.359 e. The van der Waals surface area contributed by atoms with Gasteiger partial charge in [-0.25, -0.2) is 9.48 Å². The fourth-order valence-electron chi connectivity index (χ4n) is 2.19. The van der Waals surface area contributed by atoms with Crippen molar-refractivity contribution >= 4 is 11.9 Å². The molecule has 116 valence electrons. The second-order valence-corrected chi connectivity index (χ2v) is 5.38. The number of aromatic nitrogens is 2. The van der Waals surface area contributed by atoms with E-state index in [1.54, 1.807) is 10.7 Å². The molecule has 0 saturated heterocycles. The quantitative estimate of drug-likeness (QED) is 0.873. The van der Waals surface area contributed by atoms with Crippen molar-refractivity contribution in [1.29, 1.82) is 0 Å². The second-order valence-electron chi connectivity index (χ2n) is 5.38. The summed E-state index contributed by atoms with van der Waals surface area (Å²) in [6.45, 7) is 7.27. The minimum atomic E-state index is -0.987. The largest absolute Gasteiger partial charge is 0.448 e. The zero-order valence-corrected chi connectivity index (χ0v) is 13.1. The Morgan fingerprint density at radius 2 is 1.73 bits per heavy atom. The predicted molar refractivity (Wildman–Crippen MR) is 81.8 cm³/mol. The van der Waals surface area contributed by atoms with E-state index in [-0.39, 0.29) is 5.69 Å². The van der Waals surface area contributed by atoms with Crippen LogP contribution < -0.4 is 5.73 Å². The topological polar surface area (TPSA) is 87.2 Å². The summed E-state index contributed by atoms with van der Waals surface area (Å²) in [5.41, 5.74) is 9.11. The summed E-state index contributed by atoms with van der Waals surface area (Å²) < 4.78 is 6.63. The molecule has 6 nitrogen and oxygen atoms in total. The minimum absolute atomic E-state index is 0.143. The van der Waals surface area contributed by atoms with Gasteiger partial charge in [0.1, 0.15) is 0 Å². The Hall–Kier alpha value is -2.63. The van der Waals surface area contributed by atoms with Gasteiger partial charge >= 0.3 is 5.97 Å². The van der Waals surface area contributed by atoms with Crippen molar-refractivity contribution in [3.05, 3.63) is 46.8 Å². The summed E-state index contributed by atoms with van der Waals surface area (Å²) in [4.78, 5) is 22.9. The van der Waals surface area contributed by atoms with Crippen molar-refractivity contribution in [3.63, 3.8) is 0 Å². The van der Waals surface area contributed by atoms with Crippen LogP contribution in [0.5, 0.6) is 0 Å². The van der Waals surface area contributed by atoms with Crippen LogP contribution in [0.4, 0.5) is 0 Å². The normalized spacial score (nSPS) is 12.0. The van der Waals surface area contributed by atoms with Crippen molar-refractivity contribution in [2.24, 2.45) is 5.73 Å². The second kappa shape index (κ2) is 6.01. The monoisotopic (exact) mass is 301 g/mol. The van der Waals surface area contributed by atoms with Crippen molar-refractivity contribution in [1.82, 2.24) is 9.78 Å². The molecular formula is C16H19N3O3. The summed E-state index contributed by atoms with van der Waals surface area (Å²) in [6, 6.07) is 7.64. The molecule has 0 unspecified atom stereocenters. The first-order valence-corrected chi connectivity index (χ1v) is 6.93. The van der Waals surface area contributed by atoms with Crippen LogP contribution in [-0.4, -0.2) is 27.8 Å². The number of rotatable bonds is 4. The first-order valence-electron chi connectivity index (χ1n) is 6.93. The third-order valence-corrected chi connectivity index (χ3v) is 3.23. The van der Waals surface area contributed by atoms with E-state index in [2.05, 4.69) is 11.2 Å². The van der Waals surface area contributed by atoms with E-state index in [0.29, 0.717) is 0 Å². The SMILES string of the molecule is Cc1cc(C)cc(-n2nc(C(=O)O[C@@H](C)C(N)=O)cc2C)c1. The molecule has 0 fully saturated rings. The molecule has 22 heavy (non-hydrogen) atoms. The zero-order valence-electron chi connectivity index (χ0n) is 13.1. The van der Waals surface area contributed by atoms with E-state index in [0.717, 1.165) is 22.5 Å². The maximum atomic E-state index is 12.0. The van der Waals surface area contributed by atoms with Crippen LogP contribution in [-0.2, 0) is 9.53 Å². The molecule has 1 aromatic heterocycles. The van der Waals surface area contributed by atoms with Crippen molar-refractivity contribution in [2.45, 2.75) is 33.8 Å². The van der Waals surface area contributed by atoms with E-state index < -0.39 is 18.0 Å². The molecule has 1 aromatic carbocycles. The summed E-state index contributed by atoms with van der Waals surface area (Å²) >= 11 is 0. The van der Waals surface area contributed by atoms with Crippen LogP contribution in [0.1, 0.15) is 34.2 Å². The molecule has 0 aliphatic heterocycles. The molecular weight excluding hydrogens is 282 g/mol. The van der Waals surface area contributed by atoms with Gasteiger partial charge < -0.3 is 10.5 Å². The lowest BCUT2D eigenvalue weighted by Crippen LogP contribution is -2.30. The van der Waals surface area contributed by atoms with Gasteiger partial charge in [0, 0.05) is 5.69 Å². The summed E-state index contributed by atoms with van der Waals surface area (Å²) in [5, 5.41) is 4.26. The van der Waals surface area contributed by atoms with Crippen LogP contribution in [0.2, 0.25) is 0 Å². The molecule has 2 rings (SSSR count). The van der Waals surface area contributed by atoms with Gasteiger partial charge in [-0.15, -0.1) is 0 Å². The molecule has 0 bridgehead atoms. The fourth-order valence-corrected chi connectivity index (χ4v) is 2.19. The summed E-state index contributed by atoms with van der Waals surface area (Å²) in [6.07, 6.45) is -0.987. The molecule has 0 radical (unpaired) electrons. The summed E-state index contributed by atoms with van der Waals surface area (Å²) in [7, 11) is 0. The molecule has 0 aliphatic carbocycles. The van der Waals surface area contributed by atoms with Crippen LogP contribution in [0.3, 0.4) is 0 Å². The molecule has 0 spiro atoms. The van der Waals surface area contributed by atoms with E-state index in [1.807, 2.05) is 32.9 Å². The Morgan fingerprint density at radius 3 is 2.27 bits per heavy atom. The number of ether oxygens (including phenoxy) is 1. The fraction of sp³-hybridized carbons (Fsp3) is 0.312. The highest BCUT2D eigenvalue weighted by molar-refractivity contribution is 5.90. The van der Waals surface area contributed by atoms with Crippen molar-refractivity contribution in [3.8, 4) is 5.69 Å². The third-order valence-electron chi connectivity index (χ3n) is 3.23. The zero-order chi connectivity index (χ0) is 16.4. The average molecular weight is 301 g/mol. The Morgan fingerprint density at radius 1 is 1.14 bits per heavy atom. The molecule has 1 atom stereocenters. The third kappa shape index (κ3) is 3.33. The number of aryl methyl sites for hydroxylation is 3. The lowest BCUT2D eigenvalue weighted by atomic mass is 10.1. The Kier molecular flexibility index (Phi) is 4.30. The number of hydrogen-bond acceptors (Lipinski definition) is 4. The van der Waals surface area contributed by atoms with Gasteiger partial charge in [-0.05, 0) is 57.0 Å². The number of primary amides is 1. The molecule has 1 amide bonds. The van der Waals surface area contributed by atoms with Crippen LogP contribution in [0.15, 0.2) is 24.3 Å². The maximum absolute atomic E-state index is 12.0. The number of amides is 1. The average Bonchev–Trinajstić information content (AvgIpc) is 2.79. The highest BCUT2D eigenvalue weighted by atomic mass is 16.5. The molecule has 2 N–H and O–H groups in total. The van der Waals surface area contributed by atoms with Gasteiger partial charge in [-0.3, -0.25) is 4.79 Å².